The van der Waals surface area contributed by atoms with E-state index in [0.29, 0.717) is 34.1 Å². The first-order valence-electron chi connectivity index (χ1n) is 10.0. The predicted octanol–water partition coefficient (Wildman–Crippen LogP) is 4.43. The number of methoxy groups -OCH3 is 3. The molecule has 1 amide bonds. The summed E-state index contributed by atoms with van der Waals surface area (Å²) in [5.41, 5.74) is 0.883. The van der Waals surface area contributed by atoms with Gasteiger partial charge in [0.2, 0.25) is 11.7 Å². The van der Waals surface area contributed by atoms with Gasteiger partial charge >= 0.3 is 0 Å². The summed E-state index contributed by atoms with van der Waals surface area (Å²) >= 11 is 0. The zero-order valence-corrected chi connectivity index (χ0v) is 18.7. The Labute approximate surface area is 196 Å². The van der Waals surface area contributed by atoms with Gasteiger partial charge in [0.1, 0.15) is 11.8 Å². The van der Waals surface area contributed by atoms with Crippen LogP contribution in [0.2, 0.25) is 0 Å². The lowest BCUT2D eigenvalue weighted by molar-refractivity contribution is -0.116. The summed E-state index contributed by atoms with van der Waals surface area (Å²) in [6, 6.07) is 11.8. The van der Waals surface area contributed by atoms with E-state index >= 15 is 0 Å². The molecule has 1 unspecified atom stereocenters. The summed E-state index contributed by atoms with van der Waals surface area (Å²) in [6.07, 6.45) is 5.69. The van der Waals surface area contributed by atoms with Crippen molar-refractivity contribution in [2.75, 3.05) is 21.3 Å². The van der Waals surface area contributed by atoms with E-state index in [-0.39, 0.29) is 5.75 Å². The lowest BCUT2D eigenvalue weighted by Crippen LogP contribution is -2.25. The average Bonchev–Trinajstić information content (AvgIpc) is 2.87. The van der Waals surface area contributed by atoms with Gasteiger partial charge in [-0.1, -0.05) is 6.07 Å². The maximum absolute atomic E-state index is 14.4. The smallest absolute Gasteiger partial charge is 0.245 e. The van der Waals surface area contributed by atoms with Crippen LogP contribution in [-0.4, -0.2) is 32.2 Å². The number of rotatable bonds is 9. The fourth-order valence-electron chi connectivity index (χ4n) is 3.06. The first-order chi connectivity index (χ1) is 16.5. The fourth-order valence-corrected chi connectivity index (χ4v) is 3.06. The summed E-state index contributed by atoms with van der Waals surface area (Å²) in [7, 11) is 4.38. The van der Waals surface area contributed by atoms with Gasteiger partial charge in [-0.25, -0.2) is 4.39 Å². The lowest BCUT2D eigenvalue weighted by atomic mass is 10.1. The van der Waals surface area contributed by atoms with Crippen molar-refractivity contribution in [2.45, 2.75) is 6.04 Å². The number of nitriles is 1. The van der Waals surface area contributed by atoms with Crippen molar-refractivity contribution < 1.29 is 28.1 Å². The van der Waals surface area contributed by atoms with Gasteiger partial charge < -0.3 is 24.3 Å². The van der Waals surface area contributed by atoms with Crippen LogP contribution in [0.15, 0.2) is 60.9 Å². The third kappa shape index (κ3) is 5.81. The van der Waals surface area contributed by atoms with Crippen molar-refractivity contribution in [2.24, 2.45) is 0 Å². The van der Waals surface area contributed by atoms with Crippen molar-refractivity contribution in [3.63, 3.8) is 0 Å². The maximum atomic E-state index is 14.4. The quantitative estimate of drug-likeness (QED) is 0.468. The Bertz CT molecular complexity index is 1200. The summed E-state index contributed by atoms with van der Waals surface area (Å²) < 4.78 is 35.7. The van der Waals surface area contributed by atoms with E-state index in [1.165, 1.54) is 51.8 Å². The molecule has 0 aliphatic carbocycles. The summed E-state index contributed by atoms with van der Waals surface area (Å²) in [5.74, 6) is 0.363. The second kappa shape index (κ2) is 11.3. The molecule has 0 fully saturated rings. The highest BCUT2D eigenvalue weighted by molar-refractivity contribution is 5.92. The number of hydrogen-bond donors (Lipinski definition) is 1. The Morgan fingerprint density at radius 1 is 1.09 bits per heavy atom. The van der Waals surface area contributed by atoms with Crippen LogP contribution in [0.5, 0.6) is 28.7 Å². The van der Waals surface area contributed by atoms with E-state index in [1.807, 2.05) is 6.07 Å². The molecule has 1 aromatic heterocycles. The molecule has 0 bridgehead atoms. The molecule has 0 saturated heterocycles. The summed E-state index contributed by atoms with van der Waals surface area (Å²) in [6.45, 7) is 0. The first kappa shape index (κ1) is 24.1. The molecular weight excluding hydrogens is 441 g/mol. The SMILES string of the molecule is COc1cc(C(C#N)NC(=O)/C=C/c2ccc(Oc3cccnc3)c(F)c2)cc(OC)c1OC. The molecule has 0 radical (unpaired) electrons. The molecule has 1 heterocycles. The number of amides is 1. The number of carbonyl (C=O) groups is 1. The Kier molecular flexibility index (Phi) is 8.02. The minimum Gasteiger partial charge on any atom is -0.493 e. The van der Waals surface area contributed by atoms with E-state index in [1.54, 1.807) is 36.5 Å². The van der Waals surface area contributed by atoms with Crippen LogP contribution in [0.25, 0.3) is 6.08 Å². The summed E-state index contributed by atoms with van der Waals surface area (Å²) in [4.78, 5) is 16.3. The molecular formula is C25H22FN3O5. The second-order valence-corrected chi connectivity index (χ2v) is 6.84. The number of pyridine rings is 1. The van der Waals surface area contributed by atoms with Crippen LogP contribution < -0.4 is 24.3 Å². The Hall–Kier alpha value is -4.58. The number of ether oxygens (including phenoxy) is 4. The van der Waals surface area contributed by atoms with Gasteiger partial charge in [-0.15, -0.1) is 0 Å². The van der Waals surface area contributed by atoms with E-state index < -0.39 is 17.8 Å². The summed E-state index contributed by atoms with van der Waals surface area (Å²) in [5, 5.41) is 12.2. The molecule has 34 heavy (non-hydrogen) atoms. The number of halogens is 1. The number of aromatic nitrogens is 1. The minimum absolute atomic E-state index is 0.0292. The zero-order chi connectivity index (χ0) is 24.5. The molecule has 0 spiro atoms. The van der Waals surface area contributed by atoms with Crippen molar-refractivity contribution in [3.8, 4) is 34.8 Å². The zero-order valence-electron chi connectivity index (χ0n) is 18.7. The van der Waals surface area contributed by atoms with Crippen LogP contribution >= 0.6 is 0 Å². The van der Waals surface area contributed by atoms with Gasteiger partial charge in [0.15, 0.2) is 23.1 Å². The monoisotopic (exact) mass is 463 g/mol. The molecule has 3 rings (SSSR count). The molecule has 8 nitrogen and oxygen atoms in total. The molecule has 1 N–H and O–H groups in total. The van der Waals surface area contributed by atoms with Crippen molar-refractivity contribution >= 4 is 12.0 Å². The van der Waals surface area contributed by atoms with Gasteiger partial charge in [0.25, 0.3) is 0 Å². The van der Waals surface area contributed by atoms with E-state index in [2.05, 4.69) is 10.3 Å². The Balaban J connectivity index is 1.71. The molecule has 9 heteroatoms. The topological polar surface area (TPSA) is 103 Å². The van der Waals surface area contributed by atoms with Gasteiger partial charge in [-0.05, 0) is 53.6 Å². The van der Waals surface area contributed by atoms with Crippen molar-refractivity contribution in [3.05, 3.63) is 77.9 Å². The fraction of sp³-hybridized carbons (Fsp3) is 0.160. The lowest BCUT2D eigenvalue weighted by Gasteiger charge is -2.17. The highest BCUT2D eigenvalue weighted by atomic mass is 19.1. The highest BCUT2D eigenvalue weighted by Crippen LogP contribution is 2.39. The van der Waals surface area contributed by atoms with Crippen LogP contribution in [0.1, 0.15) is 17.2 Å². The van der Waals surface area contributed by atoms with Crippen LogP contribution in [0, 0.1) is 17.1 Å². The Morgan fingerprint density at radius 3 is 2.38 bits per heavy atom. The van der Waals surface area contributed by atoms with Crippen molar-refractivity contribution in [1.82, 2.24) is 10.3 Å². The van der Waals surface area contributed by atoms with E-state index in [9.17, 15) is 14.4 Å². The molecule has 0 aliphatic heterocycles. The first-order valence-corrected chi connectivity index (χ1v) is 10.0. The minimum atomic E-state index is -0.988. The standard InChI is InChI=1S/C25H22FN3O5/c1-31-22-12-17(13-23(32-2)25(22)33-3)20(14-27)29-24(30)9-7-16-6-8-21(19(26)11-16)34-18-5-4-10-28-15-18/h4-13,15,20H,1-3H3,(H,29,30)/b9-7+. The number of nitrogens with one attached hydrogen (secondary N) is 1. The van der Waals surface area contributed by atoms with E-state index in [4.69, 9.17) is 18.9 Å². The van der Waals surface area contributed by atoms with Crippen LogP contribution in [-0.2, 0) is 4.79 Å². The predicted molar refractivity (Wildman–Crippen MR) is 122 cm³/mol. The number of carbonyl (C=O) groups excluding carboxylic acids is 1. The molecule has 0 aliphatic rings. The molecule has 1 atom stereocenters. The maximum Gasteiger partial charge on any atom is 0.245 e. The molecule has 3 aromatic rings. The number of benzene rings is 2. The highest BCUT2D eigenvalue weighted by Gasteiger charge is 2.19. The van der Waals surface area contributed by atoms with Crippen LogP contribution in [0.3, 0.4) is 0 Å². The molecule has 0 saturated carbocycles. The van der Waals surface area contributed by atoms with Crippen molar-refractivity contribution in [1.29, 1.82) is 5.26 Å². The largest absolute Gasteiger partial charge is 0.493 e. The third-order valence-electron chi connectivity index (χ3n) is 4.68. The number of nitrogens with zero attached hydrogens (tertiary/aromatic N) is 2. The average molecular weight is 463 g/mol. The van der Waals surface area contributed by atoms with Gasteiger partial charge in [-0.3, -0.25) is 9.78 Å². The second-order valence-electron chi connectivity index (χ2n) is 6.84. The third-order valence-corrected chi connectivity index (χ3v) is 4.68. The Morgan fingerprint density at radius 2 is 1.82 bits per heavy atom. The van der Waals surface area contributed by atoms with E-state index in [0.717, 1.165) is 0 Å². The number of hydrogen-bond acceptors (Lipinski definition) is 7. The van der Waals surface area contributed by atoms with Gasteiger partial charge in [0.05, 0.1) is 33.6 Å². The van der Waals surface area contributed by atoms with Crippen LogP contribution in [0.4, 0.5) is 4.39 Å². The van der Waals surface area contributed by atoms with Gasteiger partial charge in [0, 0.05) is 12.3 Å². The molecule has 174 valence electrons. The van der Waals surface area contributed by atoms with Gasteiger partial charge in [-0.2, -0.15) is 5.26 Å². The molecule has 2 aromatic carbocycles. The normalized spacial score (nSPS) is 11.4.